The van der Waals surface area contributed by atoms with Crippen molar-refractivity contribution in [1.29, 1.82) is 0 Å². The van der Waals surface area contributed by atoms with Crippen molar-refractivity contribution in [3.8, 4) is 0 Å². The first-order valence-electron chi connectivity index (χ1n) is 6.22. The Hall–Kier alpha value is -2.22. The second-order valence-electron chi connectivity index (χ2n) is 4.49. The van der Waals surface area contributed by atoms with E-state index < -0.39 is 11.9 Å². The van der Waals surface area contributed by atoms with Gasteiger partial charge in [-0.25, -0.2) is 4.98 Å². The summed E-state index contributed by atoms with van der Waals surface area (Å²) in [6, 6.07) is 0. The van der Waals surface area contributed by atoms with Gasteiger partial charge in [0.25, 0.3) is 5.56 Å². The molecule has 0 unspecified atom stereocenters. The van der Waals surface area contributed by atoms with Crippen molar-refractivity contribution < 1.29 is 14.3 Å². The van der Waals surface area contributed by atoms with E-state index in [0.717, 1.165) is 10.4 Å². The molecular formula is C13H15N3O4S. The molecule has 0 spiro atoms. The highest BCUT2D eigenvalue weighted by molar-refractivity contribution is 7.18. The molecule has 0 bridgehead atoms. The molecule has 112 valence electrons. The zero-order valence-electron chi connectivity index (χ0n) is 11.9. The van der Waals surface area contributed by atoms with E-state index in [1.165, 1.54) is 29.3 Å². The molecule has 0 aromatic carbocycles. The van der Waals surface area contributed by atoms with Crippen LogP contribution in [0, 0.1) is 13.8 Å². The van der Waals surface area contributed by atoms with Gasteiger partial charge in [0, 0.05) is 4.88 Å². The average Bonchev–Trinajstić information content (AvgIpc) is 2.75. The lowest BCUT2D eigenvalue weighted by atomic mass is 10.2. The summed E-state index contributed by atoms with van der Waals surface area (Å²) in [7, 11) is 1.23. The maximum Gasteiger partial charge on any atom is 0.325 e. The molecule has 2 aromatic heterocycles. The third-order valence-electron chi connectivity index (χ3n) is 3.13. The first-order chi connectivity index (χ1) is 9.93. The number of carbonyl (C=O) groups excluding carboxylic acids is 2. The third kappa shape index (κ3) is 3.10. The zero-order valence-corrected chi connectivity index (χ0v) is 12.7. The normalized spacial score (nSPS) is 10.6. The lowest BCUT2D eigenvalue weighted by Crippen LogP contribution is -2.35. The van der Waals surface area contributed by atoms with Gasteiger partial charge in [-0.15, -0.1) is 11.3 Å². The fourth-order valence-corrected chi connectivity index (χ4v) is 2.82. The number of methoxy groups -OCH3 is 1. The van der Waals surface area contributed by atoms with Crippen molar-refractivity contribution in [2.24, 2.45) is 0 Å². The number of ether oxygens (including phenoxy) is 1. The molecule has 0 saturated carbocycles. The molecule has 1 amide bonds. The van der Waals surface area contributed by atoms with E-state index in [0.29, 0.717) is 10.2 Å². The Bertz CT molecular complexity index is 763. The molecule has 2 aromatic rings. The van der Waals surface area contributed by atoms with E-state index in [1.54, 1.807) is 0 Å². The Kier molecular flexibility index (Phi) is 4.37. The summed E-state index contributed by atoms with van der Waals surface area (Å²) >= 11 is 1.45. The Morgan fingerprint density at radius 1 is 1.43 bits per heavy atom. The predicted molar refractivity (Wildman–Crippen MR) is 78.4 cm³/mol. The van der Waals surface area contributed by atoms with Gasteiger partial charge in [0.1, 0.15) is 17.9 Å². The number of aromatic nitrogens is 2. The van der Waals surface area contributed by atoms with Crippen LogP contribution in [0.15, 0.2) is 11.1 Å². The van der Waals surface area contributed by atoms with Crippen LogP contribution in [0.5, 0.6) is 0 Å². The standard InChI is InChI=1S/C13H15N3O4S/c1-7-8(2)21-12-11(7)13(19)16(6-15-12)5-9(17)14-4-10(18)20-3/h6H,4-5H2,1-3H3,(H,14,17). The minimum atomic E-state index is -0.548. The summed E-state index contributed by atoms with van der Waals surface area (Å²) in [6.45, 7) is 3.37. The number of aryl methyl sites for hydroxylation is 2. The number of esters is 1. The highest BCUT2D eigenvalue weighted by atomic mass is 32.1. The number of hydrogen-bond donors (Lipinski definition) is 1. The maximum atomic E-state index is 12.4. The van der Waals surface area contributed by atoms with Gasteiger partial charge in [-0.2, -0.15) is 0 Å². The van der Waals surface area contributed by atoms with Gasteiger partial charge < -0.3 is 10.1 Å². The monoisotopic (exact) mass is 309 g/mol. The molecule has 0 radical (unpaired) electrons. The van der Waals surface area contributed by atoms with Gasteiger partial charge in [0.2, 0.25) is 5.91 Å². The lowest BCUT2D eigenvalue weighted by Gasteiger charge is -2.06. The minimum Gasteiger partial charge on any atom is -0.468 e. The van der Waals surface area contributed by atoms with E-state index >= 15 is 0 Å². The van der Waals surface area contributed by atoms with Crippen LogP contribution in [0.25, 0.3) is 10.2 Å². The predicted octanol–water partition coefficient (Wildman–Crippen LogP) is 0.364. The van der Waals surface area contributed by atoms with Crippen molar-refractivity contribution >= 4 is 33.4 Å². The van der Waals surface area contributed by atoms with Crippen molar-refractivity contribution in [1.82, 2.24) is 14.9 Å². The second-order valence-corrected chi connectivity index (χ2v) is 5.70. The van der Waals surface area contributed by atoms with E-state index in [2.05, 4.69) is 15.0 Å². The number of fused-ring (bicyclic) bond motifs is 1. The zero-order chi connectivity index (χ0) is 15.6. The molecule has 0 aliphatic rings. The van der Waals surface area contributed by atoms with Gasteiger partial charge in [0.05, 0.1) is 18.8 Å². The summed E-state index contributed by atoms with van der Waals surface area (Å²) in [5.41, 5.74) is 0.631. The van der Waals surface area contributed by atoms with Gasteiger partial charge in [-0.05, 0) is 19.4 Å². The number of carbonyl (C=O) groups is 2. The van der Waals surface area contributed by atoms with Crippen LogP contribution >= 0.6 is 11.3 Å². The number of thiophene rings is 1. The van der Waals surface area contributed by atoms with Crippen LogP contribution in [-0.4, -0.2) is 35.1 Å². The molecule has 2 rings (SSSR count). The number of nitrogens with zero attached hydrogens (tertiary/aromatic N) is 2. The second kappa shape index (κ2) is 6.04. The van der Waals surface area contributed by atoms with Gasteiger partial charge in [0.15, 0.2) is 0 Å². The summed E-state index contributed by atoms with van der Waals surface area (Å²) in [5.74, 6) is -0.998. The fourth-order valence-electron chi connectivity index (χ4n) is 1.84. The Morgan fingerprint density at radius 2 is 2.14 bits per heavy atom. The van der Waals surface area contributed by atoms with Crippen molar-refractivity contribution in [3.63, 3.8) is 0 Å². The molecule has 7 nitrogen and oxygen atoms in total. The highest BCUT2D eigenvalue weighted by Crippen LogP contribution is 2.25. The average molecular weight is 309 g/mol. The SMILES string of the molecule is COC(=O)CNC(=O)Cn1cnc2sc(C)c(C)c2c1=O. The van der Waals surface area contributed by atoms with Crippen molar-refractivity contribution in [3.05, 3.63) is 27.1 Å². The summed E-state index contributed by atoms with van der Waals surface area (Å²) in [4.78, 5) is 40.9. The molecular weight excluding hydrogens is 294 g/mol. The van der Waals surface area contributed by atoms with Crippen LogP contribution < -0.4 is 10.9 Å². The van der Waals surface area contributed by atoms with E-state index in [-0.39, 0.29) is 18.6 Å². The van der Waals surface area contributed by atoms with Crippen molar-refractivity contribution in [2.45, 2.75) is 20.4 Å². The molecule has 0 fully saturated rings. The lowest BCUT2D eigenvalue weighted by molar-refractivity contribution is -0.141. The number of amides is 1. The number of nitrogens with one attached hydrogen (secondary N) is 1. The Labute approximate surface area is 124 Å². The topological polar surface area (TPSA) is 90.3 Å². The molecule has 0 aliphatic heterocycles. The van der Waals surface area contributed by atoms with E-state index in [9.17, 15) is 14.4 Å². The van der Waals surface area contributed by atoms with Gasteiger partial charge in [-0.1, -0.05) is 0 Å². The van der Waals surface area contributed by atoms with E-state index in [1.807, 2.05) is 13.8 Å². The maximum absolute atomic E-state index is 12.4. The molecule has 1 N–H and O–H groups in total. The van der Waals surface area contributed by atoms with Crippen LogP contribution in [0.2, 0.25) is 0 Å². The number of hydrogen-bond acceptors (Lipinski definition) is 6. The number of rotatable bonds is 4. The first-order valence-corrected chi connectivity index (χ1v) is 7.04. The molecule has 8 heteroatoms. The molecule has 21 heavy (non-hydrogen) atoms. The Balaban J connectivity index is 2.21. The van der Waals surface area contributed by atoms with Gasteiger partial charge in [-0.3, -0.25) is 19.0 Å². The molecule has 2 heterocycles. The smallest absolute Gasteiger partial charge is 0.325 e. The van der Waals surface area contributed by atoms with Crippen molar-refractivity contribution in [2.75, 3.05) is 13.7 Å². The largest absolute Gasteiger partial charge is 0.468 e. The molecule has 0 atom stereocenters. The van der Waals surface area contributed by atoms with Crippen LogP contribution in [0.4, 0.5) is 0 Å². The summed E-state index contributed by atoms with van der Waals surface area (Å²) < 4.78 is 5.65. The summed E-state index contributed by atoms with van der Waals surface area (Å²) in [5, 5.41) is 2.92. The quantitative estimate of drug-likeness (QED) is 0.824. The Morgan fingerprint density at radius 3 is 2.81 bits per heavy atom. The highest BCUT2D eigenvalue weighted by Gasteiger charge is 2.14. The van der Waals surface area contributed by atoms with Gasteiger partial charge >= 0.3 is 5.97 Å². The third-order valence-corrected chi connectivity index (χ3v) is 4.24. The molecule has 0 saturated heterocycles. The summed E-state index contributed by atoms with van der Waals surface area (Å²) in [6.07, 6.45) is 1.35. The first kappa shape index (κ1) is 15.2. The van der Waals surface area contributed by atoms with Crippen LogP contribution in [0.1, 0.15) is 10.4 Å². The van der Waals surface area contributed by atoms with E-state index in [4.69, 9.17) is 0 Å². The molecule has 0 aliphatic carbocycles. The van der Waals surface area contributed by atoms with Crippen LogP contribution in [0.3, 0.4) is 0 Å². The fraction of sp³-hybridized carbons (Fsp3) is 0.385. The van der Waals surface area contributed by atoms with Crippen LogP contribution in [-0.2, 0) is 20.9 Å². The minimum absolute atomic E-state index is 0.187.